The van der Waals surface area contributed by atoms with Gasteiger partial charge >= 0.3 is 11.9 Å². The Hall–Kier alpha value is -3.96. The van der Waals surface area contributed by atoms with Gasteiger partial charge in [0.1, 0.15) is 23.9 Å². The topological polar surface area (TPSA) is 69.5 Å². The Bertz CT molecular complexity index is 1460. The summed E-state index contributed by atoms with van der Waals surface area (Å²) in [6.45, 7) is 0.261. The molecule has 0 amide bonds. The Balaban J connectivity index is 1.20. The summed E-state index contributed by atoms with van der Waals surface area (Å²) in [4.78, 5) is 21.8. The number of aromatic nitrogens is 3. The summed E-state index contributed by atoms with van der Waals surface area (Å²) in [5.74, 6) is -2.86. The third kappa shape index (κ3) is 3.59. The molecule has 2 bridgehead atoms. The molecule has 186 valence electrons. The number of anilines is 1. The van der Waals surface area contributed by atoms with Crippen LogP contribution in [-0.2, 0) is 19.3 Å². The minimum absolute atomic E-state index is 0.0199. The van der Waals surface area contributed by atoms with E-state index in [0.717, 1.165) is 49.4 Å². The lowest BCUT2D eigenvalue weighted by Gasteiger charge is -2.53. The number of hydrogen-bond donors (Lipinski definition) is 0. The molecule has 3 aromatic rings. The first-order valence-electron chi connectivity index (χ1n) is 11.1. The van der Waals surface area contributed by atoms with Crippen molar-refractivity contribution >= 4 is 5.82 Å². The summed E-state index contributed by atoms with van der Waals surface area (Å²) in [5, 5.41) is 0. The van der Waals surface area contributed by atoms with E-state index >= 15 is 0 Å². The minimum atomic E-state index is -4.74. The normalized spacial score (nSPS) is 19.8. The fraction of sp³-hybridized carbons (Fsp3) is 0.292. The Labute approximate surface area is 200 Å². The fourth-order valence-electron chi connectivity index (χ4n) is 5.05. The van der Waals surface area contributed by atoms with E-state index in [2.05, 4.69) is 20.9 Å². The lowest BCUT2D eigenvalue weighted by Crippen LogP contribution is -2.58. The van der Waals surface area contributed by atoms with Gasteiger partial charge in [0.2, 0.25) is 5.88 Å². The summed E-state index contributed by atoms with van der Waals surface area (Å²) in [7, 11) is 0. The smallest absolute Gasteiger partial charge is 0.433 e. The third-order valence-corrected chi connectivity index (χ3v) is 6.60. The van der Waals surface area contributed by atoms with Crippen molar-refractivity contribution in [3.05, 3.63) is 81.7 Å². The molecule has 1 unspecified atom stereocenters. The van der Waals surface area contributed by atoms with Crippen molar-refractivity contribution in [1.29, 1.82) is 0 Å². The lowest BCUT2D eigenvalue weighted by molar-refractivity contribution is -0.141. The Morgan fingerprint density at radius 3 is 2.61 bits per heavy atom. The molecule has 6 rings (SSSR count). The van der Waals surface area contributed by atoms with E-state index in [9.17, 15) is 26.7 Å². The number of pyridine rings is 1. The maximum absolute atomic E-state index is 14.6. The van der Waals surface area contributed by atoms with Crippen LogP contribution in [0.25, 0.3) is 0 Å². The molecule has 4 heterocycles. The van der Waals surface area contributed by atoms with Crippen LogP contribution in [0.4, 0.5) is 27.8 Å². The first-order chi connectivity index (χ1) is 17.1. The van der Waals surface area contributed by atoms with E-state index in [1.807, 2.05) is 0 Å². The molecule has 1 atom stereocenters. The van der Waals surface area contributed by atoms with Gasteiger partial charge in [0.15, 0.2) is 17.4 Å². The van der Waals surface area contributed by atoms with Gasteiger partial charge in [-0.15, -0.1) is 0 Å². The van der Waals surface area contributed by atoms with E-state index in [-0.39, 0.29) is 23.6 Å². The molecular weight excluding hydrogens is 487 g/mol. The number of rotatable bonds is 5. The van der Waals surface area contributed by atoms with Gasteiger partial charge in [0, 0.05) is 30.4 Å². The molecule has 12 heteroatoms. The van der Waals surface area contributed by atoms with E-state index in [0.29, 0.717) is 18.4 Å². The summed E-state index contributed by atoms with van der Waals surface area (Å²) < 4.78 is 79.9. The van der Waals surface area contributed by atoms with Crippen LogP contribution in [0.2, 0.25) is 0 Å². The van der Waals surface area contributed by atoms with Crippen molar-refractivity contribution in [2.75, 3.05) is 4.90 Å². The number of alkyl halides is 3. The third-order valence-electron chi connectivity index (χ3n) is 6.60. The number of fused-ring (bicyclic) bond motifs is 4. The van der Waals surface area contributed by atoms with Crippen LogP contribution in [-0.4, -0.2) is 20.1 Å². The molecular formula is C24H17F5N4O3. The number of halogens is 5. The highest BCUT2D eigenvalue weighted by Gasteiger charge is 2.55. The van der Waals surface area contributed by atoms with E-state index in [1.165, 1.54) is 0 Å². The first kappa shape index (κ1) is 22.5. The Kier molecular flexibility index (Phi) is 4.86. The predicted molar refractivity (Wildman–Crippen MR) is 116 cm³/mol. The van der Waals surface area contributed by atoms with Crippen LogP contribution in [0.15, 0.2) is 53.1 Å². The maximum atomic E-state index is 14.6. The van der Waals surface area contributed by atoms with Crippen LogP contribution in [0.5, 0.6) is 17.4 Å². The van der Waals surface area contributed by atoms with Gasteiger partial charge in [-0.2, -0.15) is 18.2 Å². The molecule has 7 nitrogen and oxygen atoms in total. The molecule has 0 N–H and O–H groups in total. The number of allylic oxidation sites excluding steroid dienone is 1. The molecule has 0 saturated carbocycles. The van der Waals surface area contributed by atoms with Crippen molar-refractivity contribution < 1.29 is 31.4 Å². The number of hydrogen-bond acceptors (Lipinski definition) is 6. The number of benzene rings is 1. The second kappa shape index (κ2) is 7.77. The summed E-state index contributed by atoms with van der Waals surface area (Å²) in [5.41, 5.74) is -0.582. The first-order valence-corrected chi connectivity index (χ1v) is 11.1. The molecule has 1 aromatic carbocycles. The molecule has 3 aliphatic rings. The molecule has 36 heavy (non-hydrogen) atoms. The van der Waals surface area contributed by atoms with Gasteiger partial charge in [-0.1, -0.05) is 6.08 Å². The van der Waals surface area contributed by atoms with Crippen LogP contribution < -0.4 is 20.1 Å². The predicted octanol–water partition coefficient (Wildman–Crippen LogP) is 4.95. The van der Waals surface area contributed by atoms with E-state index in [1.54, 1.807) is 10.6 Å². The van der Waals surface area contributed by atoms with Crippen LogP contribution in [0.1, 0.15) is 30.5 Å². The van der Waals surface area contributed by atoms with E-state index < -0.39 is 40.7 Å². The van der Waals surface area contributed by atoms with Crippen molar-refractivity contribution in [3.63, 3.8) is 0 Å². The highest BCUT2D eigenvalue weighted by molar-refractivity contribution is 5.63. The number of ether oxygens (including phenoxy) is 2. The van der Waals surface area contributed by atoms with Gasteiger partial charge in [0.05, 0.1) is 12.1 Å². The monoisotopic (exact) mass is 504 g/mol. The summed E-state index contributed by atoms with van der Waals surface area (Å²) in [6.07, 6.45) is 1.05. The quantitative estimate of drug-likeness (QED) is 0.459. The zero-order valence-corrected chi connectivity index (χ0v) is 18.5. The van der Waals surface area contributed by atoms with Crippen LogP contribution in [0.3, 0.4) is 0 Å². The minimum Gasteiger partial charge on any atom is -0.473 e. The SMILES string of the molecule is O=c1nc(OCc2cc(F)c(Oc3ccnc(C(F)(F)F)c3)c(F)c2)cc2n1CC13CCC=C(C1)N23. The van der Waals surface area contributed by atoms with Gasteiger partial charge in [0.25, 0.3) is 0 Å². The van der Waals surface area contributed by atoms with Crippen molar-refractivity contribution in [3.8, 4) is 17.4 Å². The zero-order chi connectivity index (χ0) is 25.2. The Morgan fingerprint density at radius 2 is 1.89 bits per heavy atom. The molecule has 1 fully saturated rings. The fourth-order valence-corrected chi connectivity index (χ4v) is 5.05. The van der Waals surface area contributed by atoms with E-state index in [4.69, 9.17) is 9.47 Å². The molecule has 2 aliphatic heterocycles. The molecule has 1 aliphatic carbocycles. The Morgan fingerprint density at radius 1 is 1.11 bits per heavy atom. The lowest BCUT2D eigenvalue weighted by atomic mass is 9.75. The zero-order valence-electron chi connectivity index (χ0n) is 18.5. The van der Waals surface area contributed by atoms with Crippen LogP contribution in [0, 0.1) is 11.6 Å². The van der Waals surface area contributed by atoms with Crippen molar-refractivity contribution in [2.24, 2.45) is 0 Å². The average molecular weight is 504 g/mol. The molecule has 0 radical (unpaired) electrons. The second-order valence-electron chi connectivity index (χ2n) is 8.95. The summed E-state index contributed by atoms with van der Waals surface area (Å²) in [6, 6.07) is 5.09. The molecule has 1 spiro atoms. The number of nitrogens with zero attached hydrogens (tertiary/aromatic N) is 4. The highest BCUT2D eigenvalue weighted by Crippen LogP contribution is 2.54. The maximum Gasteiger partial charge on any atom is 0.433 e. The largest absolute Gasteiger partial charge is 0.473 e. The summed E-state index contributed by atoms with van der Waals surface area (Å²) >= 11 is 0. The van der Waals surface area contributed by atoms with Gasteiger partial charge in [-0.25, -0.2) is 13.6 Å². The van der Waals surface area contributed by atoms with Crippen LogP contribution >= 0.6 is 0 Å². The van der Waals surface area contributed by atoms with Crippen molar-refractivity contribution in [1.82, 2.24) is 14.5 Å². The second-order valence-corrected chi connectivity index (χ2v) is 8.95. The average Bonchev–Trinajstić information content (AvgIpc) is 3.09. The highest BCUT2D eigenvalue weighted by atomic mass is 19.4. The van der Waals surface area contributed by atoms with Gasteiger partial charge in [-0.3, -0.25) is 9.55 Å². The van der Waals surface area contributed by atoms with Gasteiger partial charge < -0.3 is 14.4 Å². The molecule has 2 aromatic heterocycles. The molecule has 1 saturated heterocycles. The standard InChI is InChI=1S/C24H17F5N4O3/c25-16-6-13(7-17(26)21(16)36-15-3-5-30-18(8-15)24(27,28)29)11-35-19-9-20-32(22(34)31-19)12-23-4-1-2-14(10-23)33(20)23/h2-3,5-9H,1,4,10-12H2. The van der Waals surface area contributed by atoms with Gasteiger partial charge in [-0.05, 0) is 36.6 Å². The van der Waals surface area contributed by atoms with Crippen molar-refractivity contribution in [2.45, 2.75) is 44.1 Å².